The summed E-state index contributed by atoms with van der Waals surface area (Å²) < 4.78 is 106. The van der Waals surface area contributed by atoms with E-state index in [0.29, 0.717) is 13.0 Å². The summed E-state index contributed by atoms with van der Waals surface area (Å²) in [5.41, 5.74) is -1.40. The Morgan fingerprint density at radius 2 is 1.86 bits per heavy atom. The molecule has 0 aliphatic carbocycles. The van der Waals surface area contributed by atoms with Crippen LogP contribution in [0.5, 0.6) is 0 Å². The van der Waals surface area contributed by atoms with Crippen LogP contribution in [0.1, 0.15) is 24.7 Å². The van der Waals surface area contributed by atoms with Crippen LogP contribution in [-0.2, 0) is 20.8 Å². The van der Waals surface area contributed by atoms with Gasteiger partial charge in [-0.15, -0.1) is 0 Å². The maximum absolute atomic E-state index is 13.5. The van der Waals surface area contributed by atoms with Gasteiger partial charge in [0.15, 0.2) is 9.84 Å². The number of halogens is 6. The van der Waals surface area contributed by atoms with E-state index >= 15 is 0 Å². The summed E-state index contributed by atoms with van der Waals surface area (Å²) in [5, 5.41) is 9.18. The number of carbonyl (C=O) groups excluding carboxylic acids is 1. The average molecular weight is 521 g/mol. The Bertz CT molecular complexity index is 1260. The Morgan fingerprint density at radius 1 is 1.20 bits per heavy atom. The smallest absolute Gasteiger partial charge is 0.343 e. The van der Waals surface area contributed by atoms with Gasteiger partial charge in [-0.3, -0.25) is 4.79 Å². The molecule has 0 bridgehead atoms. The van der Waals surface area contributed by atoms with Gasteiger partial charge in [-0.25, -0.2) is 18.4 Å². The van der Waals surface area contributed by atoms with Crippen molar-refractivity contribution >= 4 is 21.6 Å². The number of carbonyl (C=O) groups is 1. The van der Waals surface area contributed by atoms with E-state index in [4.69, 9.17) is 5.26 Å². The Balaban J connectivity index is 2.03. The van der Waals surface area contributed by atoms with E-state index < -0.39 is 68.9 Å². The molecule has 35 heavy (non-hydrogen) atoms. The third kappa shape index (κ3) is 5.47. The first-order chi connectivity index (χ1) is 16.2. The van der Waals surface area contributed by atoms with Crippen LogP contribution in [0.2, 0.25) is 0 Å². The molecule has 0 radical (unpaired) electrons. The largest absolute Gasteiger partial charge is 0.417 e. The van der Waals surface area contributed by atoms with Gasteiger partial charge >= 0.3 is 12.4 Å². The molecule has 15 heteroatoms. The lowest BCUT2D eigenvalue weighted by atomic mass is 10.2. The van der Waals surface area contributed by atoms with Crippen molar-refractivity contribution in [3.63, 3.8) is 0 Å². The minimum atomic E-state index is -4.99. The number of hydrogen-bond acceptors (Lipinski definition) is 7. The molecular formula is C20H17F6N5O3S. The van der Waals surface area contributed by atoms with Crippen molar-refractivity contribution in [2.24, 2.45) is 0 Å². The highest BCUT2D eigenvalue weighted by atomic mass is 32.2. The second-order valence-electron chi connectivity index (χ2n) is 7.69. The number of amides is 1. The number of anilines is 1. The highest BCUT2D eigenvalue weighted by Crippen LogP contribution is 2.38. The van der Waals surface area contributed by atoms with Crippen molar-refractivity contribution < 1.29 is 39.6 Å². The molecule has 1 amide bonds. The van der Waals surface area contributed by atoms with E-state index in [1.165, 1.54) is 6.07 Å². The molecule has 1 N–H and O–H groups in total. The Kier molecular flexibility index (Phi) is 6.98. The van der Waals surface area contributed by atoms with Gasteiger partial charge in [-0.2, -0.15) is 31.6 Å². The third-order valence-electron chi connectivity index (χ3n) is 5.39. The molecule has 3 rings (SSSR count). The SMILES string of the molecule is CC(NC(=O)C1C[C@H](S(=O)(=O)c2ccccc2C(F)(F)F)CN1c1ccnc(C#N)n1)C(F)(F)F. The molecule has 188 valence electrons. The Hall–Kier alpha value is -3.41. The molecule has 2 unspecified atom stereocenters. The predicted octanol–water partition coefficient (Wildman–Crippen LogP) is 2.86. The van der Waals surface area contributed by atoms with Crippen molar-refractivity contribution in [2.45, 2.75) is 47.9 Å². The van der Waals surface area contributed by atoms with E-state index in [0.717, 1.165) is 29.3 Å². The first-order valence-corrected chi connectivity index (χ1v) is 11.5. The molecule has 1 aliphatic heterocycles. The van der Waals surface area contributed by atoms with Gasteiger partial charge < -0.3 is 10.2 Å². The number of rotatable bonds is 5. The quantitative estimate of drug-likeness (QED) is 0.602. The first-order valence-electron chi connectivity index (χ1n) is 9.93. The van der Waals surface area contributed by atoms with Crippen molar-refractivity contribution in [3.8, 4) is 6.07 Å². The number of nitriles is 1. The number of benzene rings is 1. The number of nitrogens with zero attached hydrogens (tertiary/aromatic N) is 4. The normalized spacial score (nSPS) is 19.8. The summed E-state index contributed by atoms with van der Waals surface area (Å²) in [6.07, 6.45) is -9.28. The molecule has 0 saturated carbocycles. The van der Waals surface area contributed by atoms with Gasteiger partial charge in [0.1, 0.15) is 24.0 Å². The van der Waals surface area contributed by atoms with Crippen LogP contribution >= 0.6 is 0 Å². The molecule has 1 aromatic heterocycles. The molecule has 1 aromatic carbocycles. The van der Waals surface area contributed by atoms with Crippen molar-refractivity contribution in [2.75, 3.05) is 11.4 Å². The number of alkyl halides is 6. The molecule has 3 atom stereocenters. The summed E-state index contributed by atoms with van der Waals surface area (Å²) in [6.45, 7) is 0.123. The zero-order valence-electron chi connectivity index (χ0n) is 17.8. The third-order valence-corrected chi connectivity index (χ3v) is 7.58. The van der Waals surface area contributed by atoms with Crippen LogP contribution in [0.15, 0.2) is 41.4 Å². The second kappa shape index (κ2) is 9.33. The number of sulfone groups is 1. The highest BCUT2D eigenvalue weighted by Gasteiger charge is 2.48. The Labute approximate surface area is 195 Å². The Morgan fingerprint density at radius 3 is 2.46 bits per heavy atom. The van der Waals surface area contributed by atoms with Gasteiger partial charge in [0.05, 0.1) is 15.7 Å². The van der Waals surface area contributed by atoms with Crippen molar-refractivity contribution in [1.82, 2.24) is 15.3 Å². The lowest BCUT2D eigenvalue weighted by Gasteiger charge is -2.26. The summed E-state index contributed by atoms with van der Waals surface area (Å²) in [7, 11) is -4.70. The lowest BCUT2D eigenvalue weighted by Crippen LogP contribution is -2.50. The standard InChI is InChI=1S/C20H17F6N5O3S/c1-11(19(21,22)23)29-18(32)14-8-12(10-31(14)17-6-7-28-16(9-27)30-17)35(33,34)15-5-3-2-4-13(15)20(24,25)26/h2-7,11-12,14H,8,10H2,1H3,(H,29,32)/t11?,12-,14?/m0/s1. The molecule has 1 fully saturated rings. The first kappa shape index (κ1) is 26.2. The fourth-order valence-corrected chi connectivity index (χ4v) is 5.52. The molecule has 2 aromatic rings. The van der Waals surface area contributed by atoms with E-state index in [2.05, 4.69) is 9.97 Å². The monoisotopic (exact) mass is 521 g/mol. The summed E-state index contributed by atoms with van der Waals surface area (Å²) in [6, 6.07) is 2.52. The highest BCUT2D eigenvalue weighted by molar-refractivity contribution is 7.92. The van der Waals surface area contributed by atoms with Gasteiger partial charge in [0, 0.05) is 12.7 Å². The lowest BCUT2D eigenvalue weighted by molar-refractivity contribution is -0.158. The van der Waals surface area contributed by atoms with Crippen LogP contribution < -0.4 is 10.2 Å². The summed E-state index contributed by atoms with van der Waals surface area (Å²) in [5.74, 6) is -1.70. The second-order valence-corrected chi connectivity index (χ2v) is 9.88. The van der Waals surface area contributed by atoms with Crippen LogP contribution in [0.4, 0.5) is 32.2 Å². The molecule has 2 heterocycles. The maximum atomic E-state index is 13.5. The van der Waals surface area contributed by atoms with E-state index in [-0.39, 0.29) is 11.6 Å². The molecule has 1 aliphatic rings. The zero-order valence-corrected chi connectivity index (χ0v) is 18.6. The molecular weight excluding hydrogens is 504 g/mol. The van der Waals surface area contributed by atoms with Crippen LogP contribution in [-0.4, -0.2) is 54.3 Å². The fraction of sp³-hybridized carbons (Fsp3) is 0.400. The number of aromatic nitrogens is 2. The molecule has 8 nitrogen and oxygen atoms in total. The van der Waals surface area contributed by atoms with E-state index in [1.54, 1.807) is 11.4 Å². The number of nitrogens with one attached hydrogen (secondary N) is 1. The van der Waals surface area contributed by atoms with Crippen molar-refractivity contribution in [1.29, 1.82) is 5.26 Å². The zero-order chi connectivity index (χ0) is 26.2. The van der Waals surface area contributed by atoms with Crippen LogP contribution in [0.3, 0.4) is 0 Å². The minimum absolute atomic E-state index is 0.141. The van der Waals surface area contributed by atoms with Crippen LogP contribution in [0.25, 0.3) is 0 Å². The van der Waals surface area contributed by atoms with Gasteiger partial charge in [0.25, 0.3) is 0 Å². The maximum Gasteiger partial charge on any atom is 0.417 e. The van der Waals surface area contributed by atoms with Gasteiger partial charge in [-0.1, -0.05) is 12.1 Å². The van der Waals surface area contributed by atoms with Crippen LogP contribution in [0, 0.1) is 11.3 Å². The van der Waals surface area contributed by atoms with Gasteiger partial charge in [-0.05, 0) is 31.5 Å². The summed E-state index contributed by atoms with van der Waals surface area (Å²) >= 11 is 0. The number of hydrogen-bond donors (Lipinski definition) is 1. The van der Waals surface area contributed by atoms with Gasteiger partial charge in [0.2, 0.25) is 11.7 Å². The fourth-order valence-electron chi connectivity index (χ4n) is 3.61. The van der Waals surface area contributed by atoms with Crippen molar-refractivity contribution in [3.05, 3.63) is 47.9 Å². The average Bonchev–Trinajstić information content (AvgIpc) is 3.24. The summed E-state index contributed by atoms with van der Waals surface area (Å²) in [4.78, 5) is 20.3. The van der Waals surface area contributed by atoms with E-state index in [1.807, 2.05) is 0 Å². The molecule has 1 saturated heterocycles. The molecule has 0 spiro atoms. The predicted molar refractivity (Wildman–Crippen MR) is 109 cm³/mol. The minimum Gasteiger partial charge on any atom is -0.343 e. The topological polar surface area (TPSA) is 116 Å². The van der Waals surface area contributed by atoms with E-state index in [9.17, 15) is 39.6 Å².